The molecular weight excluding hydrogens is 212 g/mol. The average Bonchev–Trinajstić information content (AvgIpc) is 2.68. The van der Waals surface area contributed by atoms with Crippen LogP contribution in [0.5, 0.6) is 5.75 Å². The summed E-state index contributed by atoms with van der Waals surface area (Å²) in [6, 6.07) is 7.88. The van der Waals surface area contributed by atoms with Crippen molar-refractivity contribution in [3.63, 3.8) is 0 Å². The summed E-state index contributed by atoms with van der Waals surface area (Å²) in [5.74, 6) is 0.809. The summed E-state index contributed by atoms with van der Waals surface area (Å²) in [5, 5.41) is 9.15. The highest BCUT2D eigenvalue weighted by atomic mass is 16.5. The normalized spacial score (nSPS) is 17.9. The maximum Gasteiger partial charge on any atom is 0.121 e. The van der Waals surface area contributed by atoms with Gasteiger partial charge in [0.05, 0.1) is 18.4 Å². The molecular formula is C14H18N2O. The number of ether oxygens (including phenoxy) is 1. The Morgan fingerprint density at radius 3 is 2.71 bits per heavy atom. The molecule has 1 aliphatic heterocycles. The number of rotatable bonds is 2. The van der Waals surface area contributed by atoms with Crippen molar-refractivity contribution in [3.8, 4) is 11.8 Å². The molecule has 1 heterocycles. The van der Waals surface area contributed by atoms with Crippen LogP contribution >= 0.6 is 0 Å². The van der Waals surface area contributed by atoms with Crippen molar-refractivity contribution in [2.75, 3.05) is 25.1 Å². The van der Waals surface area contributed by atoms with Crippen LogP contribution in [0.2, 0.25) is 0 Å². The first-order chi connectivity index (χ1) is 8.05. The van der Waals surface area contributed by atoms with Crippen LogP contribution in [-0.4, -0.2) is 20.2 Å². The Morgan fingerprint density at radius 1 is 1.41 bits per heavy atom. The van der Waals surface area contributed by atoms with E-state index in [-0.39, 0.29) is 0 Å². The molecule has 1 aliphatic rings. The summed E-state index contributed by atoms with van der Waals surface area (Å²) in [4.78, 5) is 2.28. The SMILES string of the molecule is COc1ccc(C#N)c(N2CCC(C)(C)C2)c1. The molecule has 0 saturated carbocycles. The molecule has 1 saturated heterocycles. The van der Waals surface area contributed by atoms with Crippen LogP contribution in [0.25, 0.3) is 0 Å². The minimum absolute atomic E-state index is 0.329. The Labute approximate surface area is 103 Å². The summed E-state index contributed by atoms with van der Waals surface area (Å²) in [6.07, 6.45) is 1.16. The molecule has 0 radical (unpaired) electrons. The van der Waals surface area contributed by atoms with Crippen LogP contribution in [0.15, 0.2) is 18.2 Å². The van der Waals surface area contributed by atoms with Crippen LogP contribution in [0.1, 0.15) is 25.8 Å². The number of nitrogens with zero attached hydrogens (tertiary/aromatic N) is 2. The van der Waals surface area contributed by atoms with Crippen LogP contribution in [0, 0.1) is 16.7 Å². The lowest BCUT2D eigenvalue weighted by molar-refractivity contribution is 0.413. The van der Waals surface area contributed by atoms with Crippen LogP contribution in [-0.2, 0) is 0 Å². The van der Waals surface area contributed by atoms with E-state index in [2.05, 4.69) is 24.8 Å². The highest BCUT2D eigenvalue weighted by molar-refractivity contribution is 5.62. The molecule has 1 aromatic carbocycles. The second-order valence-electron chi connectivity index (χ2n) is 5.33. The maximum atomic E-state index is 9.15. The molecule has 1 fully saturated rings. The standard InChI is InChI=1S/C14H18N2O/c1-14(2)6-7-16(10-14)13-8-12(17-3)5-4-11(13)9-15/h4-5,8H,6-7,10H2,1-3H3. The van der Waals surface area contributed by atoms with E-state index in [1.807, 2.05) is 18.2 Å². The van der Waals surface area contributed by atoms with Gasteiger partial charge in [0.25, 0.3) is 0 Å². The van der Waals surface area contributed by atoms with Crippen molar-refractivity contribution in [3.05, 3.63) is 23.8 Å². The van der Waals surface area contributed by atoms with Crippen LogP contribution < -0.4 is 9.64 Å². The Balaban J connectivity index is 2.34. The van der Waals surface area contributed by atoms with Crippen molar-refractivity contribution < 1.29 is 4.74 Å². The molecule has 0 aliphatic carbocycles. The predicted octanol–water partition coefficient (Wildman–Crippen LogP) is 2.80. The fourth-order valence-electron chi connectivity index (χ4n) is 2.31. The van der Waals surface area contributed by atoms with Gasteiger partial charge in [0.1, 0.15) is 11.8 Å². The van der Waals surface area contributed by atoms with E-state index in [0.717, 1.165) is 36.5 Å². The summed E-state index contributed by atoms with van der Waals surface area (Å²) < 4.78 is 5.23. The molecule has 0 aromatic heterocycles. The lowest BCUT2D eigenvalue weighted by Gasteiger charge is -2.23. The van der Waals surface area contributed by atoms with E-state index < -0.39 is 0 Å². The molecule has 17 heavy (non-hydrogen) atoms. The monoisotopic (exact) mass is 230 g/mol. The zero-order valence-corrected chi connectivity index (χ0v) is 10.7. The van der Waals surface area contributed by atoms with E-state index in [1.54, 1.807) is 7.11 Å². The van der Waals surface area contributed by atoms with Gasteiger partial charge in [-0.05, 0) is 24.0 Å². The average molecular weight is 230 g/mol. The van der Waals surface area contributed by atoms with Gasteiger partial charge >= 0.3 is 0 Å². The second-order valence-corrected chi connectivity index (χ2v) is 5.33. The second kappa shape index (κ2) is 4.29. The number of anilines is 1. The number of methoxy groups -OCH3 is 1. The first kappa shape index (κ1) is 11.8. The van der Waals surface area contributed by atoms with Gasteiger partial charge in [0.15, 0.2) is 0 Å². The Kier molecular flexibility index (Phi) is 2.97. The van der Waals surface area contributed by atoms with E-state index in [4.69, 9.17) is 10.00 Å². The quantitative estimate of drug-likeness (QED) is 0.783. The van der Waals surface area contributed by atoms with Gasteiger partial charge in [-0.2, -0.15) is 5.26 Å². The fourth-order valence-corrected chi connectivity index (χ4v) is 2.31. The van der Waals surface area contributed by atoms with Gasteiger partial charge in [0, 0.05) is 19.2 Å². The van der Waals surface area contributed by atoms with E-state index in [0.29, 0.717) is 5.41 Å². The van der Waals surface area contributed by atoms with E-state index >= 15 is 0 Å². The summed E-state index contributed by atoms with van der Waals surface area (Å²) in [5.41, 5.74) is 2.05. The minimum Gasteiger partial charge on any atom is -0.497 e. The molecule has 0 atom stereocenters. The van der Waals surface area contributed by atoms with Gasteiger partial charge < -0.3 is 9.64 Å². The molecule has 0 unspecified atom stereocenters. The highest BCUT2D eigenvalue weighted by Gasteiger charge is 2.30. The largest absolute Gasteiger partial charge is 0.497 e. The first-order valence-corrected chi connectivity index (χ1v) is 5.89. The molecule has 0 amide bonds. The minimum atomic E-state index is 0.329. The number of hydrogen-bond donors (Lipinski definition) is 0. The molecule has 0 N–H and O–H groups in total. The third kappa shape index (κ3) is 2.36. The number of hydrogen-bond acceptors (Lipinski definition) is 3. The van der Waals surface area contributed by atoms with Gasteiger partial charge in [-0.3, -0.25) is 0 Å². The first-order valence-electron chi connectivity index (χ1n) is 5.89. The third-order valence-electron chi connectivity index (χ3n) is 3.34. The summed E-state index contributed by atoms with van der Waals surface area (Å²) in [7, 11) is 1.65. The van der Waals surface area contributed by atoms with Gasteiger partial charge in [-0.15, -0.1) is 0 Å². The fraction of sp³-hybridized carbons (Fsp3) is 0.500. The molecule has 1 aromatic rings. The van der Waals surface area contributed by atoms with Crippen LogP contribution in [0.4, 0.5) is 5.69 Å². The Bertz CT molecular complexity index is 460. The molecule has 0 spiro atoms. The molecule has 3 heteroatoms. The highest BCUT2D eigenvalue weighted by Crippen LogP contribution is 2.35. The topological polar surface area (TPSA) is 36.3 Å². The summed E-state index contributed by atoms with van der Waals surface area (Å²) >= 11 is 0. The number of nitriles is 1. The van der Waals surface area contributed by atoms with Gasteiger partial charge in [0.2, 0.25) is 0 Å². The maximum absolute atomic E-state index is 9.15. The predicted molar refractivity (Wildman–Crippen MR) is 68.3 cm³/mol. The summed E-state index contributed by atoms with van der Waals surface area (Å²) in [6.45, 7) is 6.53. The van der Waals surface area contributed by atoms with E-state index in [1.165, 1.54) is 0 Å². The van der Waals surface area contributed by atoms with Crippen molar-refractivity contribution in [2.45, 2.75) is 20.3 Å². The smallest absolute Gasteiger partial charge is 0.121 e. The lowest BCUT2D eigenvalue weighted by atomic mass is 9.93. The molecule has 2 rings (SSSR count). The zero-order valence-electron chi connectivity index (χ0n) is 10.7. The van der Waals surface area contributed by atoms with E-state index in [9.17, 15) is 0 Å². The van der Waals surface area contributed by atoms with Crippen molar-refractivity contribution >= 4 is 5.69 Å². The molecule has 90 valence electrons. The van der Waals surface area contributed by atoms with Crippen molar-refractivity contribution in [1.29, 1.82) is 5.26 Å². The van der Waals surface area contributed by atoms with Crippen molar-refractivity contribution in [2.24, 2.45) is 5.41 Å². The number of benzene rings is 1. The third-order valence-corrected chi connectivity index (χ3v) is 3.34. The van der Waals surface area contributed by atoms with Crippen LogP contribution in [0.3, 0.4) is 0 Å². The lowest BCUT2D eigenvalue weighted by Crippen LogP contribution is -2.23. The Morgan fingerprint density at radius 2 is 2.18 bits per heavy atom. The molecule has 3 nitrogen and oxygen atoms in total. The van der Waals surface area contributed by atoms with Gasteiger partial charge in [-0.1, -0.05) is 13.8 Å². The van der Waals surface area contributed by atoms with Gasteiger partial charge in [-0.25, -0.2) is 0 Å². The molecule has 0 bridgehead atoms. The zero-order chi connectivity index (χ0) is 12.5. The Hall–Kier alpha value is -1.69. The van der Waals surface area contributed by atoms with Crippen molar-refractivity contribution in [1.82, 2.24) is 0 Å².